The van der Waals surface area contributed by atoms with Crippen molar-refractivity contribution in [2.75, 3.05) is 26.1 Å². The summed E-state index contributed by atoms with van der Waals surface area (Å²) in [5.41, 5.74) is 0.503. The van der Waals surface area contributed by atoms with Crippen LogP contribution in [0.5, 0.6) is 5.75 Å². The Morgan fingerprint density at radius 1 is 1.12 bits per heavy atom. The molecule has 0 saturated heterocycles. The van der Waals surface area contributed by atoms with Crippen molar-refractivity contribution >= 4 is 50.1 Å². The lowest BCUT2D eigenvalue weighted by molar-refractivity contribution is -0.118. The summed E-state index contributed by atoms with van der Waals surface area (Å²) in [6, 6.07) is 7.09. The van der Waals surface area contributed by atoms with E-state index in [-0.39, 0.29) is 22.0 Å². The minimum atomic E-state index is -0.657. The van der Waals surface area contributed by atoms with E-state index in [0.717, 1.165) is 11.3 Å². The maximum atomic E-state index is 12.2. The van der Waals surface area contributed by atoms with Crippen molar-refractivity contribution in [3.05, 3.63) is 44.7 Å². The molecule has 1 aromatic carbocycles. The van der Waals surface area contributed by atoms with Crippen LogP contribution in [0.1, 0.15) is 25.6 Å². The van der Waals surface area contributed by atoms with Gasteiger partial charge in [-0.3, -0.25) is 4.79 Å². The van der Waals surface area contributed by atoms with Crippen LogP contribution in [-0.4, -0.2) is 38.7 Å². The molecule has 0 unspecified atom stereocenters. The third kappa shape index (κ3) is 4.41. The molecule has 2 aromatic rings. The number of amides is 1. The van der Waals surface area contributed by atoms with E-state index in [2.05, 4.69) is 21.2 Å². The summed E-state index contributed by atoms with van der Waals surface area (Å²) in [5.74, 6) is -1.23. The third-order valence-corrected chi connectivity index (χ3v) is 5.20. The molecular weight excluding hydrogens is 426 g/mol. The molecule has 0 fully saturated rings. The molecular formula is C17H16BrNO6S. The molecule has 2 rings (SSSR count). The number of carbonyl (C=O) groups excluding carboxylic acids is 3. The minimum absolute atomic E-state index is 0.118. The molecule has 1 amide bonds. The molecule has 0 aliphatic rings. The first kappa shape index (κ1) is 19.9. The number of thiophene rings is 1. The van der Waals surface area contributed by atoms with E-state index >= 15 is 0 Å². The molecule has 0 atom stereocenters. The summed E-state index contributed by atoms with van der Waals surface area (Å²) in [4.78, 5) is 36.3. The number of ether oxygens (including phenoxy) is 3. The van der Waals surface area contributed by atoms with Gasteiger partial charge in [-0.15, -0.1) is 11.3 Å². The number of hydrogen-bond acceptors (Lipinski definition) is 7. The van der Waals surface area contributed by atoms with E-state index in [4.69, 9.17) is 14.2 Å². The van der Waals surface area contributed by atoms with Crippen LogP contribution in [-0.2, 0) is 14.3 Å². The lowest BCUT2D eigenvalue weighted by Gasteiger charge is -2.09. The Labute approximate surface area is 162 Å². The highest BCUT2D eigenvalue weighted by molar-refractivity contribution is 9.10. The standard InChI is InChI=1S/C17H16BrNO6S/c1-9-13(16(21)23-2)15(26-14(9)17(22)24-3)19-12(20)8-25-11-7-5-4-6-10(11)18/h4-7H,8H2,1-3H3,(H,19,20). The van der Waals surface area contributed by atoms with Crippen molar-refractivity contribution in [2.24, 2.45) is 0 Å². The van der Waals surface area contributed by atoms with Gasteiger partial charge in [0.15, 0.2) is 6.61 Å². The van der Waals surface area contributed by atoms with Crippen molar-refractivity contribution < 1.29 is 28.6 Å². The number of rotatable bonds is 6. The number of esters is 2. The summed E-state index contributed by atoms with van der Waals surface area (Å²) in [6.07, 6.45) is 0. The predicted molar refractivity (Wildman–Crippen MR) is 100 cm³/mol. The molecule has 0 radical (unpaired) electrons. The highest BCUT2D eigenvalue weighted by atomic mass is 79.9. The lowest BCUT2D eigenvalue weighted by atomic mass is 10.1. The first-order valence-corrected chi connectivity index (χ1v) is 8.97. The number of benzene rings is 1. The zero-order chi connectivity index (χ0) is 19.3. The monoisotopic (exact) mass is 441 g/mol. The number of anilines is 1. The van der Waals surface area contributed by atoms with Gasteiger partial charge < -0.3 is 19.5 Å². The molecule has 0 aliphatic carbocycles. The number of hydrogen-bond donors (Lipinski definition) is 1. The number of methoxy groups -OCH3 is 2. The average molecular weight is 442 g/mol. The van der Waals surface area contributed by atoms with Crippen LogP contribution in [0.3, 0.4) is 0 Å². The molecule has 1 heterocycles. The Hall–Kier alpha value is -2.39. The third-order valence-electron chi connectivity index (χ3n) is 3.36. The molecule has 9 heteroatoms. The predicted octanol–water partition coefficient (Wildman–Crippen LogP) is 3.41. The van der Waals surface area contributed by atoms with Gasteiger partial charge in [0.05, 0.1) is 24.3 Å². The molecule has 0 spiro atoms. The Balaban J connectivity index is 2.19. The van der Waals surface area contributed by atoms with Gasteiger partial charge in [-0.05, 0) is 40.5 Å². The highest BCUT2D eigenvalue weighted by Crippen LogP contribution is 2.34. The Kier molecular flexibility index (Phi) is 6.76. The van der Waals surface area contributed by atoms with E-state index < -0.39 is 17.8 Å². The van der Waals surface area contributed by atoms with Crippen molar-refractivity contribution in [2.45, 2.75) is 6.92 Å². The number of halogens is 1. The van der Waals surface area contributed by atoms with Crippen LogP contribution < -0.4 is 10.1 Å². The fourth-order valence-corrected chi connectivity index (χ4v) is 3.63. The summed E-state index contributed by atoms with van der Waals surface area (Å²) in [7, 11) is 2.46. The molecule has 26 heavy (non-hydrogen) atoms. The molecule has 0 saturated carbocycles. The maximum Gasteiger partial charge on any atom is 0.348 e. The lowest BCUT2D eigenvalue weighted by Crippen LogP contribution is -2.21. The Morgan fingerprint density at radius 2 is 1.77 bits per heavy atom. The van der Waals surface area contributed by atoms with Crippen LogP contribution in [0.25, 0.3) is 0 Å². The second kappa shape index (κ2) is 8.81. The molecule has 0 bridgehead atoms. The van der Waals surface area contributed by atoms with Crippen LogP contribution in [0.15, 0.2) is 28.7 Å². The van der Waals surface area contributed by atoms with E-state index in [1.807, 2.05) is 6.07 Å². The second-order valence-corrected chi connectivity index (χ2v) is 6.89. The fourth-order valence-electron chi connectivity index (χ4n) is 2.10. The van der Waals surface area contributed by atoms with Crippen LogP contribution in [0.2, 0.25) is 0 Å². The summed E-state index contributed by atoms with van der Waals surface area (Å²) in [5, 5.41) is 2.79. The van der Waals surface area contributed by atoms with Crippen LogP contribution in [0, 0.1) is 6.92 Å². The van der Waals surface area contributed by atoms with Crippen molar-refractivity contribution in [1.82, 2.24) is 0 Å². The maximum absolute atomic E-state index is 12.2. The first-order chi connectivity index (χ1) is 12.4. The zero-order valence-electron chi connectivity index (χ0n) is 14.3. The van der Waals surface area contributed by atoms with E-state index in [1.54, 1.807) is 25.1 Å². The molecule has 7 nitrogen and oxygen atoms in total. The van der Waals surface area contributed by atoms with Gasteiger partial charge in [-0.25, -0.2) is 9.59 Å². The van der Waals surface area contributed by atoms with Gasteiger partial charge in [-0.1, -0.05) is 12.1 Å². The second-order valence-electron chi connectivity index (χ2n) is 5.01. The Morgan fingerprint density at radius 3 is 2.38 bits per heavy atom. The highest BCUT2D eigenvalue weighted by Gasteiger charge is 2.26. The molecule has 1 N–H and O–H groups in total. The normalized spacial score (nSPS) is 10.2. The average Bonchev–Trinajstić information content (AvgIpc) is 2.95. The van der Waals surface area contributed by atoms with Gasteiger partial charge in [0, 0.05) is 0 Å². The SMILES string of the molecule is COC(=O)c1sc(NC(=O)COc2ccccc2Br)c(C(=O)OC)c1C. The van der Waals surface area contributed by atoms with E-state index in [0.29, 0.717) is 15.8 Å². The molecule has 0 aliphatic heterocycles. The Bertz CT molecular complexity index is 848. The van der Waals surface area contributed by atoms with Crippen LogP contribution >= 0.6 is 27.3 Å². The topological polar surface area (TPSA) is 90.9 Å². The minimum Gasteiger partial charge on any atom is -0.483 e. The largest absolute Gasteiger partial charge is 0.483 e. The quantitative estimate of drug-likeness (QED) is 0.690. The number of para-hydroxylation sites is 1. The van der Waals surface area contributed by atoms with E-state index in [1.165, 1.54) is 14.2 Å². The van der Waals surface area contributed by atoms with Crippen molar-refractivity contribution in [1.29, 1.82) is 0 Å². The van der Waals surface area contributed by atoms with Gasteiger partial charge in [-0.2, -0.15) is 0 Å². The fraction of sp³-hybridized carbons (Fsp3) is 0.235. The summed E-state index contributed by atoms with van der Waals surface area (Å²) >= 11 is 4.27. The van der Waals surface area contributed by atoms with Crippen molar-refractivity contribution in [3.8, 4) is 5.75 Å². The smallest absolute Gasteiger partial charge is 0.348 e. The first-order valence-electron chi connectivity index (χ1n) is 7.36. The summed E-state index contributed by atoms with van der Waals surface area (Å²) in [6.45, 7) is 1.32. The van der Waals surface area contributed by atoms with Gasteiger partial charge in [0.1, 0.15) is 15.6 Å². The summed E-state index contributed by atoms with van der Waals surface area (Å²) < 4.78 is 15.6. The van der Waals surface area contributed by atoms with Gasteiger partial charge >= 0.3 is 11.9 Å². The molecule has 1 aromatic heterocycles. The number of nitrogens with one attached hydrogen (secondary N) is 1. The number of carbonyl (C=O) groups is 3. The van der Waals surface area contributed by atoms with Crippen molar-refractivity contribution in [3.63, 3.8) is 0 Å². The van der Waals surface area contributed by atoms with Crippen LogP contribution in [0.4, 0.5) is 5.00 Å². The zero-order valence-corrected chi connectivity index (χ0v) is 16.7. The van der Waals surface area contributed by atoms with Gasteiger partial charge in [0.25, 0.3) is 5.91 Å². The molecule has 138 valence electrons. The van der Waals surface area contributed by atoms with E-state index in [9.17, 15) is 14.4 Å². The van der Waals surface area contributed by atoms with Gasteiger partial charge in [0.2, 0.25) is 0 Å².